The van der Waals surface area contributed by atoms with Gasteiger partial charge in [0.1, 0.15) is 5.60 Å². The van der Waals surface area contributed by atoms with Gasteiger partial charge in [-0.1, -0.05) is 23.8 Å². The largest absolute Gasteiger partial charge is 0.391 e. The predicted molar refractivity (Wildman–Crippen MR) is 72.5 cm³/mol. The van der Waals surface area contributed by atoms with Gasteiger partial charge in [0.2, 0.25) is 0 Å². The van der Waals surface area contributed by atoms with Crippen LogP contribution in [0.1, 0.15) is 37.0 Å². The maximum Gasteiger partial charge on any atom is 0.106 e. The first kappa shape index (κ1) is 13.5. The van der Waals surface area contributed by atoms with Gasteiger partial charge in [0, 0.05) is 6.54 Å². The van der Waals surface area contributed by atoms with E-state index < -0.39 is 11.7 Å². The fourth-order valence-electron chi connectivity index (χ4n) is 2.64. The zero-order chi connectivity index (χ0) is 13.3. The Bertz CT molecular complexity index is 431. The summed E-state index contributed by atoms with van der Waals surface area (Å²) in [4.78, 5) is 0. The summed E-state index contributed by atoms with van der Waals surface area (Å²) in [6.07, 6.45) is 1.21. The van der Waals surface area contributed by atoms with Gasteiger partial charge in [-0.3, -0.25) is 0 Å². The van der Waals surface area contributed by atoms with E-state index in [1.165, 1.54) is 16.7 Å². The highest BCUT2D eigenvalue weighted by molar-refractivity contribution is 5.40. The Balaban J connectivity index is 2.34. The maximum absolute atomic E-state index is 9.63. The summed E-state index contributed by atoms with van der Waals surface area (Å²) < 4.78 is 6.12. The van der Waals surface area contributed by atoms with Crippen molar-refractivity contribution in [2.45, 2.75) is 51.4 Å². The molecule has 1 aliphatic rings. The van der Waals surface area contributed by atoms with Crippen LogP contribution in [-0.4, -0.2) is 23.9 Å². The van der Waals surface area contributed by atoms with Gasteiger partial charge >= 0.3 is 0 Å². The quantitative estimate of drug-likeness (QED) is 0.856. The number of hydrogen-bond acceptors (Lipinski definition) is 3. The van der Waals surface area contributed by atoms with Crippen LogP contribution in [0.25, 0.3) is 0 Å². The van der Waals surface area contributed by atoms with E-state index in [1.807, 2.05) is 6.92 Å². The molecule has 0 aliphatic heterocycles. The zero-order valence-electron chi connectivity index (χ0n) is 11.4. The van der Waals surface area contributed by atoms with E-state index in [2.05, 4.69) is 25.1 Å². The van der Waals surface area contributed by atoms with E-state index in [4.69, 9.17) is 10.5 Å². The fraction of sp³-hybridized carbons (Fsp3) is 0.600. The molecule has 0 amide bonds. The molecule has 3 nitrogen and oxygen atoms in total. The molecule has 18 heavy (non-hydrogen) atoms. The second kappa shape index (κ2) is 5.00. The van der Waals surface area contributed by atoms with Crippen LogP contribution in [0.4, 0.5) is 0 Å². The molecule has 3 N–H and O–H groups in total. The molecule has 0 saturated carbocycles. The number of aliphatic hydroxyl groups is 1. The van der Waals surface area contributed by atoms with Crippen molar-refractivity contribution >= 4 is 0 Å². The molecule has 1 aromatic rings. The SMILES string of the molecule is Cc1ccc2c(c1)C(CN)(OC(C)C(C)O)CC2. The molecule has 2 rings (SSSR count). The van der Waals surface area contributed by atoms with Gasteiger partial charge in [0.15, 0.2) is 0 Å². The molecule has 0 aromatic heterocycles. The molecule has 0 saturated heterocycles. The summed E-state index contributed by atoms with van der Waals surface area (Å²) >= 11 is 0. The molecule has 3 heteroatoms. The van der Waals surface area contributed by atoms with E-state index >= 15 is 0 Å². The van der Waals surface area contributed by atoms with Gasteiger partial charge < -0.3 is 15.6 Å². The second-order valence-corrected chi connectivity index (χ2v) is 5.42. The van der Waals surface area contributed by atoms with Crippen molar-refractivity contribution in [1.29, 1.82) is 0 Å². The van der Waals surface area contributed by atoms with Crippen LogP contribution < -0.4 is 5.73 Å². The van der Waals surface area contributed by atoms with E-state index in [1.54, 1.807) is 6.92 Å². The van der Waals surface area contributed by atoms with Gasteiger partial charge in [-0.05, 0) is 44.7 Å². The number of benzene rings is 1. The van der Waals surface area contributed by atoms with Gasteiger partial charge in [0.05, 0.1) is 12.2 Å². The Labute approximate surface area is 109 Å². The van der Waals surface area contributed by atoms with E-state index in [9.17, 15) is 5.11 Å². The molecule has 0 radical (unpaired) electrons. The lowest BCUT2D eigenvalue weighted by Gasteiger charge is -2.34. The van der Waals surface area contributed by atoms with E-state index in [-0.39, 0.29) is 6.10 Å². The standard InChI is InChI=1S/C15H23NO2/c1-10-4-5-13-6-7-15(9-16,14(13)8-10)18-12(3)11(2)17/h4-5,8,11-12,17H,6-7,9,16H2,1-3H3. The average molecular weight is 249 g/mol. The summed E-state index contributed by atoms with van der Waals surface area (Å²) in [5.41, 5.74) is 9.31. The second-order valence-electron chi connectivity index (χ2n) is 5.42. The highest BCUT2D eigenvalue weighted by Crippen LogP contribution is 2.40. The highest BCUT2D eigenvalue weighted by atomic mass is 16.5. The van der Waals surface area contributed by atoms with Crippen molar-refractivity contribution in [2.24, 2.45) is 5.73 Å². The summed E-state index contributed by atoms with van der Waals surface area (Å²) in [7, 11) is 0. The zero-order valence-corrected chi connectivity index (χ0v) is 11.4. The molecule has 0 fully saturated rings. The van der Waals surface area contributed by atoms with Crippen LogP contribution in [0.3, 0.4) is 0 Å². The van der Waals surface area contributed by atoms with Crippen molar-refractivity contribution in [2.75, 3.05) is 6.54 Å². The topological polar surface area (TPSA) is 55.5 Å². The third-order valence-corrected chi connectivity index (χ3v) is 3.97. The lowest BCUT2D eigenvalue weighted by Crippen LogP contribution is -2.41. The van der Waals surface area contributed by atoms with Crippen LogP contribution in [0.2, 0.25) is 0 Å². The minimum Gasteiger partial charge on any atom is -0.391 e. The summed E-state index contributed by atoms with van der Waals surface area (Å²) in [6, 6.07) is 6.46. The Morgan fingerprint density at radius 2 is 2.17 bits per heavy atom. The number of fused-ring (bicyclic) bond motifs is 1. The molecule has 100 valence electrons. The number of nitrogens with two attached hydrogens (primary N) is 1. The molecule has 1 aliphatic carbocycles. The van der Waals surface area contributed by atoms with E-state index in [0.29, 0.717) is 6.54 Å². The van der Waals surface area contributed by atoms with Crippen LogP contribution in [0, 0.1) is 6.92 Å². The van der Waals surface area contributed by atoms with Crippen molar-refractivity contribution in [1.82, 2.24) is 0 Å². The minimum absolute atomic E-state index is 0.208. The molecule has 0 heterocycles. The van der Waals surface area contributed by atoms with Crippen molar-refractivity contribution in [3.05, 3.63) is 34.9 Å². The minimum atomic E-state index is -0.484. The highest BCUT2D eigenvalue weighted by Gasteiger charge is 2.40. The van der Waals surface area contributed by atoms with Crippen molar-refractivity contribution < 1.29 is 9.84 Å². The summed E-state index contributed by atoms with van der Waals surface area (Å²) in [5.74, 6) is 0. The Kier molecular flexibility index (Phi) is 3.76. The Hall–Kier alpha value is -0.900. The number of aryl methyl sites for hydroxylation is 2. The van der Waals surface area contributed by atoms with Crippen LogP contribution in [-0.2, 0) is 16.8 Å². The average Bonchev–Trinajstić information content (AvgIpc) is 2.68. The van der Waals surface area contributed by atoms with E-state index in [0.717, 1.165) is 12.8 Å². The maximum atomic E-state index is 9.63. The van der Waals surface area contributed by atoms with Gasteiger partial charge in [-0.25, -0.2) is 0 Å². The summed E-state index contributed by atoms with van der Waals surface area (Å²) in [6.45, 7) is 6.19. The Morgan fingerprint density at radius 3 is 2.78 bits per heavy atom. The lowest BCUT2D eigenvalue weighted by molar-refractivity contribution is -0.123. The van der Waals surface area contributed by atoms with Crippen LogP contribution >= 0.6 is 0 Å². The molecule has 0 bridgehead atoms. The predicted octanol–water partition coefficient (Wildman–Crippen LogP) is 1.88. The third-order valence-electron chi connectivity index (χ3n) is 3.97. The fourth-order valence-corrected chi connectivity index (χ4v) is 2.64. The third kappa shape index (κ3) is 2.30. The first-order chi connectivity index (χ1) is 8.48. The van der Waals surface area contributed by atoms with Crippen molar-refractivity contribution in [3.63, 3.8) is 0 Å². The molecular weight excluding hydrogens is 226 g/mol. The van der Waals surface area contributed by atoms with Crippen LogP contribution in [0.5, 0.6) is 0 Å². The first-order valence-corrected chi connectivity index (χ1v) is 6.64. The van der Waals surface area contributed by atoms with Gasteiger partial charge in [0.25, 0.3) is 0 Å². The molecule has 1 aromatic carbocycles. The van der Waals surface area contributed by atoms with Gasteiger partial charge in [-0.15, -0.1) is 0 Å². The number of ether oxygens (including phenoxy) is 1. The first-order valence-electron chi connectivity index (χ1n) is 6.64. The molecule has 3 unspecified atom stereocenters. The number of rotatable bonds is 4. The molecule has 0 spiro atoms. The van der Waals surface area contributed by atoms with Crippen molar-refractivity contribution in [3.8, 4) is 0 Å². The molecule has 3 atom stereocenters. The van der Waals surface area contributed by atoms with Crippen LogP contribution in [0.15, 0.2) is 18.2 Å². The normalized spacial score (nSPS) is 25.8. The van der Waals surface area contributed by atoms with Gasteiger partial charge in [-0.2, -0.15) is 0 Å². The lowest BCUT2D eigenvalue weighted by atomic mass is 9.94. The summed E-state index contributed by atoms with van der Waals surface area (Å²) in [5, 5.41) is 9.63. The monoisotopic (exact) mass is 249 g/mol. The smallest absolute Gasteiger partial charge is 0.106 e. The Morgan fingerprint density at radius 1 is 1.44 bits per heavy atom. The number of hydrogen-bond donors (Lipinski definition) is 2. The number of aliphatic hydroxyl groups excluding tert-OH is 1. The molecular formula is C15H23NO2.